The second-order valence-corrected chi connectivity index (χ2v) is 7.00. The predicted octanol–water partition coefficient (Wildman–Crippen LogP) is 4.01. The number of carbonyl (C=O) groups is 2. The van der Waals surface area contributed by atoms with E-state index in [9.17, 15) is 22.8 Å². The summed E-state index contributed by atoms with van der Waals surface area (Å²) in [6.07, 6.45) is -3.71. The van der Waals surface area contributed by atoms with E-state index >= 15 is 0 Å². The van der Waals surface area contributed by atoms with Crippen molar-refractivity contribution in [2.75, 3.05) is 13.1 Å². The molecule has 148 valence electrons. The van der Waals surface area contributed by atoms with Gasteiger partial charge in [0.1, 0.15) is 0 Å². The second-order valence-electron chi connectivity index (χ2n) is 6.59. The van der Waals surface area contributed by atoms with Crippen LogP contribution in [0.1, 0.15) is 33.8 Å². The van der Waals surface area contributed by atoms with E-state index in [2.05, 4.69) is 10.6 Å². The average Bonchev–Trinajstić information content (AvgIpc) is 3.45. The maximum atomic E-state index is 12.5. The van der Waals surface area contributed by atoms with Crippen LogP contribution in [0.2, 0.25) is 5.02 Å². The van der Waals surface area contributed by atoms with Crippen LogP contribution in [0.5, 0.6) is 0 Å². The summed E-state index contributed by atoms with van der Waals surface area (Å²) in [5, 5.41) is 5.97. The highest BCUT2D eigenvalue weighted by Gasteiger charge is 2.44. The SMILES string of the molecule is O=C(NCCNC(=O)C1CC1c1ccccc1Cl)c1ccc(C(F)(F)F)cc1. The van der Waals surface area contributed by atoms with E-state index in [1.54, 1.807) is 6.07 Å². The third-order valence-electron chi connectivity index (χ3n) is 4.62. The molecule has 2 unspecified atom stereocenters. The molecule has 0 aromatic heterocycles. The van der Waals surface area contributed by atoms with Crippen LogP contribution < -0.4 is 10.6 Å². The van der Waals surface area contributed by atoms with Gasteiger partial charge in [0.15, 0.2) is 0 Å². The fraction of sp³-hybridized carbons (Fsp3) is 0.300. The molecule has 0 aliphatic heterocycles. The van der Waals surface area contributed by atoms with Crippen LogP contribution in [0.3, 0.4) is 0 Å². The molecule has 8 heteroatoms. The Morgan fingerprint density at radius 3 is 2.29 bits per heavy atom. The molecule has 2 aromatic rings. The summed E-state index contributed by atoms with van der Waals surface area (Å²) in [4.78, 5) is 24.1. The van der Waals surface area contributed by atoms with Crippen molar-refractivity contribution in [1.29, 1.82) is 0 Å². The molecule has 1 aliphatic carbocycles. The molecule has 0 heterocycles. The molecule has 0 spiro atoms. The maximum Gasteiger partial charge on any atom is 0.416 e. The standard InChI is InChI=1S/C20H18ClF3N2O2/c21-17-4-2-1-3-14(17)15-11-16(15)19(28)26-10-9-25-18(27)12-5-7-13(8-6-12)20(22,23)24/h1-8,15-16H,9-11H2,(H,25,27)(H,26,28). The van der Waals surface area contributed by atoms with Gasteiger partial charge in [-0.05, 0) is 48.2 Å². The second kappa shape index (κ2) is 8.22. The lowest BCUT2D eigenvalue weighted by molar-refractivity contribution is -0.137. The number of carbonyl (C=O) groups excluding carboxylic acids is 2. The lowest BCUT2D eigenvalue weighted by Crippen LogP contribution is -2.35. The van der Waals surface area contributed by atoms with E-state index in [1.165, 1.54) is 0 Å². The van der Waals surface area contributed by atoms with Crippen molar-refractivity contribution in [3.05, 3.63) is 70.2 Å². The maximum absolute atomic E-state index is 12.5. The van der Waals surface area contributed by atoms with E-state index in [0.717, 1.165) is 36.2 Å². The minimum absolute atomic E-state index is 0.103. The van der Waals surface area contributed by atoms with Crippen LogP contribution in [0, 0.1) is 5.92 Å². The molecular formula is C20H18ClF3N2O2. The van der Waals surface area contributed by atoms with Gasteiger partial charge in [0.2, 0.25) is 5.91 Å². The highest BCUT2D eigenvalue weighted by Crippen LogP contribution is 2.49. The number of amides is 2. The first kappa shape index (κ1) is 20.2. The molecule has 3 rings (SSSR count). The topological polar surface area (TPSA) is 58.2 Å². The number of hydrogen-bond donors (Lipinski definition) is 2. The number of halogens is 4. The molecule has 2 amide bonds. The summed E-state index contributed by atoms with van der Waals surface area (Å²) in [5.41, 5.74) is 0.272. The van der Waals surface area contributed by atoms with Gasteiger partial charge >= 0.3 is 6.18 Å². The van der Waals surface area contributed by atoms with Crippen molar-refractivity contribution in [3.8, 4) is 0 Å². The molecule has 2 aromatic carbocycles. The van der Waals surface area contributed by atoms with Gasteiger partial charge in [-0.3, -0.25) is 9.59 Å². The van der Waals surface area contributed by atoms with Gasteiger partial charge < -0.3 is 10.6 Å². The van der Waals surface area contributed by atoms with Crippen molar-refractivity contribution < 1.29 is 22.8 Å². The minimum atomic E-state index is -4.44. The zero-order valence-electron chi connectivity index (χ0n) is 14.7. The predicted molar refractivity (Wildman–Crippen MR) is 99.1 cm³/mol. The molecule has 0 bridgehead atoms. The lowest BCUT2D eigenvalue weighted by Gasteiger charge is -2.09. The first-order valence-electron chi connectivity index (χ1n) is 8.75. The minimum Gasteiger partial charge on any atom is -0.354 e. The molecule has 0 saturated heterocycles. The van der Waals surface area contributed by atoms with Crippen LogP contribution in [-0.2, 0) is 11.0 Å². The Balaban J connectivity index is 1.41. The van der Waals surface area contributed by atoms with Crippen LogP contribution >= 0.6 is 11.6 Å². The van der Waals surface area contributed by atoms with Crippen molar-refractivity contribution in [2.45, 2.75) is 18.5 Å². The molecule has 1 fully saturated rings. The summed E-state index contributed by atoms with van der Waals surface area (Å²) < 4.78 is 37.6. The third-order valence-corrected chi connectivity index (χ3v) is 4.96. The summed E-state index contributed by atoms with van der Waals surface area (Å²) in [5.74, 6) is -0.627. The quantitative estimate of drug-likeness (QED) is 0.707. The summed E-state index contributed by atoms with van der Waals surface area (Å²) in [6.45, 7) is 0.409. The summed E-state index contributed by atoms with van der Waals surface area (Å²) >= 11 is 6.14. The molecule has 4 nitrogen and oxygen atoms in total. The fourth-order valence-electron chi connectivity index (χ4n) is 3.01. The first-order valence-corrected chi connectivity index (χ1v) is 9.13. The monoisotopic (exact) mass is 410 g/mol. The Kier molecular flexibility index (Phi) is 5.93. The van der Waals surface area contributed by atoms with E-state index in [-0.39, 0.29) is 36.4 Å². The molecular weight excluding hydrogens is 393 g/mol. The Bertz CT molecular complexity index is 868. The van der Waals surface area contributed by atoms with E-state index in [4.69, 9.17) is 11.6 Å². The summed E-state index contributed by atoms with van der Waals surface area (Å²) in [7, 11) is 0. The fourth-order valence-corrected chi connectivity index (χ4v) is 3.29. The molecule has 1 saturated carbocycles. The molecule has 1 aliphatic rings. The van der Waals surface area contributed by atoms with Crippen LogP contribution in [0.15, 0.2) is 48.5 Å². The number of hydrogen-bond acceptors (Lipinski definition) is 2. The van der Waals surface area contributed by atoms with Crippen LogP contribution in [0.25, 0.3) is 0 Å². The van der Waals surface area contributed by atoms with Gasteiger partial charge in [-0.25, -0.2) is 0 Å². The highest BCUT2D eigenvalue weighted by molar-refractivity contribution is 6.31. The van der Waals surface area contributed by atoms with Crippen LogP contribution in [-0.4, -0.2) is 24.9 Å². The van der Waals surface area contributed by atoms with Crippen molar-refractivity contribution in [2.24, 2.45) is 5.92 Å². The molecule has 2 atom stereocenters. The molecule has 28 heavy (non-hydrogen) atoms. The Morgan fingerprint density at radius 1 is 1.00 bits per heavy atom. The number of alkyl halides is 3. The number of benzene rings is 2. The van der Waals surface area contributed by atoms with E-state index < -0.39 is 17.6 Å². The molecule has 2 N–H and O–H groups in total. The largest absolute Gasteiger partial charge is 0.416 e. The Hall–Kier alpha value is -2.54. The van der Waals surface area contributed by atoms with Crippen molar-refractivity contribution in [3.63, 3.8) is 0 Å². The third kappa shape index (κ3) is 4.84. The van der Waals surface area contributed by atoms with E-state index in [1.807, 2.05) is 18.2 Å². The molecule has 0 radical (unpaired) electrons. The normalized spacial score (nSPS) is 18.4. The van der Waals surface area contributed by atoms with Gasteiger partial charge in [0.05, 0.1) is 5.56 Å². The van der Waals surface area contributed by atoms with E-state index in [0.29, 0.717) is 5.02 Å². The smallest absolute Gasteiger partial charge is 0.354 e. The van der Waals surface area contributed by atoms with Crippen molar-refractivity contribution in [1.82, 2.24) is 10.6 Å². The average molecular weight is 411 g/mol. The van der Waals surface area contributed by atoms with Gasteiger partial charge in [-0.1, -0.05) is 29.8 Å². The number of nitrogens with one attached hydrogen (secondary N) is 2. The van der Waals surface area contributed by atoms with Crippen LogP contribution in [0.4, 0.5) is 13.2 Å². The highest BCUT2D eigenvalue weighted by atomic mass is 35.5. The summed E-state index contributed by atoms with van der Waals surface area (Å²) in [6, 6.07) is 11.4. The zero-order valence-corrected chi connectivity index (χ0v) is 15.5. The zero-order chi connectivity index (χ0) is 20.3. The Morgan fingerprint density at radius 2 is 1.64 bits per heavy atom. The number of rotatable bonds is 6. The Labute approximate surface area is 165 Å². The van der Waals surface area contributed by atoms with Gasteiger partial charge in [-0.15, -0.1) is 0 Å². The first-order chi connectivity index (χ1) is 13.3. The van der Waals surface area contributed by atoms with Gasteiger partial charge in [0, 0.05) is 29.6 Å². The van der Waals surface area contributed by atoms with Gasteiger partial charge in [0.25, 0.3) is 5.91 Å². The van der Waals surface area contributed by atoms with Gasteiger partial charge in [-0.2, -0.15) is 13.2 Å². The van der Waals surface area contributed by atoms with Crippen molar-refractivity contribution >= 4 is 23.4 Å². The lowest BCUT2D eigenvalue weighted by atomic mass is 10.1.